The van der Waals surface area contributed by atoms with Gasteiger partial charge < -0.3 is 10.7 Å². The van der Waals surface area contributed by atoms with Crippen LogP contribution in [0.3, 0.4) is 0 Å². The molecule has 0 spiro atoms. The van der Waals surface area contributed by atoms with E-state index in [1.54, 1.807) is 54.9 Å². The van der Waals surface area contributed by atoms with Gasteiger partial charge in [-0.25, -0.2) is 0 Å². The molecule has 0 aliphatic rings. The first kappa shape index (κ1) is 18.1. The molecule has 0 unspecified atom stereocenters. The largest absolute Gasteiger partial charge is 0.366 e. The number of hydrogen-bond donors (Lipinski definition) is 2. The molecule has 29 heavy (non-hydrogen) atoms. The molecule has 2 aromatic heterocycles. The lowest BCUT2D eigenvalue weighted by molar-refractivity contribution is -0.384. The number of nitro benzene ring substituents is 1. The highest BCUT2D eigenvalue weighted by Crippen LogP contribution is 2.40. The molecule has 0 saturated carbocycles. The summed E-state index contributed by atoms with van der Waals surface area (Å²) in [5.74, 6) is -0.569. The monoisotopic (exact) mass is 384 g/mol. The van der Waals surface area contributed by atoms with Crippen molar-refractivity contribution in [3.63, 3.8) is 0 Å². The van der Waals surface area contributed by atoms with E-state index in [2.05, 4.69) is 9.97 Å². The molecule has 0 aliphatic carbocycles. The number of amides is 1. The molecule has 2 heterocycles. The summed E-state index contributed by atoms with van der Waals surface area (Å²) in [6.07, 6.45) is 3.33. The summed E-state index contributed by atoms with van der Waals surface area (Å²) < 4.78 is 0. The lowest BCUT2D eigenvalue weighted by atomic mass is 9.96. The maximum absolute atomic E-state index is 12.0. The summed E-state index contributed by atoms with van der Waals surface area (Å²) in [4.78, 5) is 30.5. The maximum Gasteiger partial charge on any atom is 0.278 e. The molecule has 0 atom stereocenters. The molecule has 142 valence electrons. The lowest BCUT2D eigenvalue weighted by Gasteiger charge is -2.09. The fraction of sp³-hybridized carbons (Fsp3) is 0. The fourth-order valence-electron chi connectivity index (χ4n) is 3.34. The van der Waals surface area contributed by atoms with E-state index in [0.717, 1.165) is 11.3 Å². The van der Waals surface area contributed by atoms with E-state index in [1.807, 2.05) is 18.2 Å². The first-order valence-electron chi connectivity index (χ1n) is 8.82. The van der Waals surface area contributed by atoms with Crippen LogP contribution in [0.5, 0.6) is 0 Å². The molecule has 0 saturated heterocycles. The van der Waals surface area contributed by atoms with Crippen LogP contribution >= 0.6 is 0 Å². The van der Waals surface area contributed by atoms with Crippen molar-refractivity contribution in [2.24, 2.45) is 5.73 Å². The Kier molecular flexibility index (Phi) is 4.62. The number of rotatable bonds is 5. The third-order valence-corrected chi connectivity index (χ3v) is 4.66. The molecule has 0 bridgehead atoms. The van der Waals surface area contributed by atoms with Gasteiger partial charge in [-0.3, -0.25) is 19.9 Å². The lowest BCUT2D eigenvalue weighted by Crippen LogP contribution is -2.12. The van der Waals surface area contributed by atoms with Crippen molar-refractivity contribution in [1.29, 1.82) is 0 Å². The molecule has 4 rings (SSSR count). The molecular formula is C22H16N4O3. The smallest absolute Gasteiger partial charge is 0.278 e. The second kappa shape index (κ2) is 7.40. The molecule has 2 aromatic carbocycles. The van der Waals surface area contributed by atoms with Crippen LogP contribution in [0, 0.1) is 10.1 Å². The zero-order valence-electron chi connectivity index (χ0n) is 15.2. The maximum atomic E-state index is 12.0. The van der Waals surface area contributed by atoms with Crippen LogP contribution in [0.2, 0.25) is 0 Å². The number of carbonyl (C=O) groups is 1. The predicted molar refractivity (Wildman–Crippen MR) is 110 cm³/mol. The number of para-hydroxylation sites is 1. The summed E-state index contributed by atoms with van der Waals surface area (Å²) in [5.41, 5.74) is 9.70. The van der Waals surface area contributed by atoms with Crippen molar-refractivity contribution < 1.29 is 9.72 Å². The number of aromatic nitrogens is 2. The minimum atomic E-state index is -0.569. The average molecular weight is 384 g/mol. The molecule has 3 N–H and O–H groups in total. The van der Waals surface area contributed by atoms with E-state index in [1.165, 1.54) is 6.07 Å². The second-order valence-corrected chi connectivity index (χ2v) is 6.39. The topological polar surface area (TPSA) is 115 Å². The van der Waals surface area contributed by atoms with Crippen LogP contribution in [0.4, 0.5) is 5.69 Å². The number of carbonyl (C=O) groups excluding carboxylic acids is 1. The first-order chi connectivity index (χ1) is 14.1. The number of benzene rings is 2. The second-order valence-electron chi connectivity index (χ2n) is 6.39. The average Bonchev–Trinajstić information content (AvgIpc) is 3.19. The van der Waals surface area contributed by atoms with Gasteiger partial charge in [-0.1, -0.05) is 30.3 Å². The van der Waals surface area contributed by atoms with Gasteiger partial charge in [0.1, 0.15) is 0 Å². The first-order valence-corrected chi connectivity index (χ1v) is 8.82. The number of nitro groups is 1. The normalized spacial score (nSPS) is 10.6. The number of H-pyrrole nitrogens is 1. The van der Waals surface area contributed by atoms with Crippen molar-refractivity contribution >= 4 is 11.6 Å². The highest BCUT2D eigenvalue weighted by atomic mass is 16.6. The van der Waals surface area contributed by atoms with E-state index in [4.69, 9.17) is 5.73 Å². The number of primary amides is 1. The highest BCUT2D eigenvalue weighted by Gasteiger charge is 2.22. The number of nitrogens with two attached hydrogens (primary N) is 1. The van der Waals surface area contributed by atoms with E-state index in [-0.39, 0.29) is 5.69 Å². The third kappa shape index (κ3) is 3.37. The standard InChI is InChI=1S/C22H16N4O3/c23-22(27)16-6-2-1-5-15(16)18-13-19(14-9-11-24-12-10-14)25-21(18)17-7-3-4-8-20(17)26(28)29/h1-13,25H,(H2,23,27). The van der Waals surface area contributed by atoms with E-state index in [0.29, 0.717) is 27.9 Å². The molecule has 0 radical (unpaired) electrons. The van der Waals surface area contributed by atoms with E-state index < -0.39 is 10.8 Å². The quantitative estimate of drug-likeness (QED) is 0.391. The fourth-order valence-corrected chi connectivity index (χ4v) is 3.34. The van der Waals surface area contributed by atoms with Gasteiger partial charge in [0.15, 0.2) is 0 Å². The number of pyridine rings is 1. The van der Waals surface area contributed by atoms with Gasteiger partial charge in [0.25, 0.3) is 5.69 Å². The van der Waals surface area contributed by atoms with E-state index >= 15 is 0 Å². The van der Waals surface area contributed by atoms with Gasteiger partial charge in [0.05, 0.1) is 16.2 Å². The summed E-state index contributed by atoms with van der Waals surface area (Å²) in [5, 5.41) is 11.6. The predicted octanol–water partition coefficient (Wildman–Crippen LogP) is 4.42. The van der Waals surface area contributed by atoms with Crippen molar-refractivity contribution in [3.05, 3.63) is 94.8 Å². The molecular weight excluding hydrogens is 368 g/mol. The van der Waals surface area contributed by atoms with Gasteiger partial charge >= 0.3 is 0 Å². The van der Waals surface area contributed by atoms with Gasteiger partial charge in [0.2, 0.25) is 5.91 Å². The Labute approximate surface area is 166 Å². The highest BCUT2D eigenvalue weighted by molar-refractivity contribution is 6.02. The molecule has 0 fully saturated rings. The Hall–Kier alpha value is -4.26. The Balaban J connectivity index is 2.02. The van der Waals surface area contributed by atoms with Crippen molar-refractivity contribution in [3.8, 4) is 33.6 Å². The van der Waals surface area contributed by atoms with Crippen molar-refractivity contribution in [2.45, 2.75) is 0 Å². The van der Waals surface area contributed by atoms with Crippen LogP contribution in [0.25, 0.3) is 33.6 Å². The molecule has 7 heteroatoms. The molecule has 7 nitrogen and oxygen atoms in total. The minimum Gasteiger partial charge on any atom is -0.366 e. The SMILES string of the molecule is NC(=O)c1ccccc1-c1cc(-c2ccncc2)[nH]c1-c1ccccc1[N+](=O)[O-]. The Morgan fingerprint density at radius 2 is 1.59 bits per heavy atom. The van der Waals surface area contributed by atoms with Crippen LogP contribution in [-0.2, 0) is 0 Å². The minimum absolute atomic E-state index is 0.0339. The zero-order valence-corrected chi connectivity index (χ0v) is 15.2. The Bertz CT molecular complexity index is 1140. The molecule has 4 aromatic rings. The summed E-state index contributed by atoms with van der Waals surface area (Å²) in [6.45, 7) is 0. The molecule has 0 aliphatic heterocycles. The number of hydrogen-bond acceptors (Lipinski definition) is 4. The zero-order chi connectivity index (χ0) is 20.4. The van der Waals surface area contributed by atoms with Crippen molar-refractivity contribution in [2.75, 3.05) is 0 Å². The van der Waals surface area contributed by atoms with Crippen LogP contribution in [0.15, 0.2) is 79.1 Å². The van der Waals surface area contributed by atoms with E-state index in [9.17, 15) is 14.9 Å². The number of nitrogens with one attached hydrogen (secondary N) is 1. The Morgan fingerprint density at radius 1 is 0.931 bits per heavy atom. The summed E-state index contributed by atoms with van der Waals surface area (Å²) >= 11 is 0. The van der Waals surface area contributed by atoms with Crippen LogP contribution < -0.4 is 5.73 Å². The summed E-state index contributed by atoms with van der Waals surface area (Å²) in [7, 11) is 0. The number of nitrogens with zero attached hydrogens (tertiary/aromatic N) is 2. The van der Waals surface area contributed by atoms with Gasteiger partial charge in [-0.2, -0.15) is 0 Å². The number of aromatic amines is 1. The summed E-state index contributed by atoms with van der Waals surface area (Å²) in [6, 6.07) is 18.9. The van der Waals surface area contributed by atoms with Crippen LogP contribution in [0.1, 0.15) is 10.4 Å². The van der Waals surface area contributed by atoms with Crippen LogP contribution in [-0.4, -0.2) is 20.8 Å². The third-order valence-electron chi connectivity index (χ3n) is 4.66. The van der Waals surface area contributed by atoms with Gasteiger partial charge in [-0.05, 0) is 35.9 Å². The van der Waals surface area contributed by atoms with Gasteiger partial charge in [-0.15, -0.1) is 0 Å². The van der Waals surface area contributed by atoms with Crippen molar-refractivity contribution in [1.82, 2.24) is 9.97 Å². The van der Waals surface area contributed by atoms with Gasteiger partial charge in [0, 0.05) is 40.8 Å². The Morgan fingerprint density at radius 3 is 2.28 bits per heavy atom. The molecule has 1 amide bonds.